The third-order valence-corrected chi connectivity index (χ3v) is 5.93. The van der Waals surface area contributed by atoms with Crippen molar-refractivity contribution in [3.8, 4) is 22.8 Å². The van der Waals surface area contributed by atoms with Crippen LogP contribution in [0.25, 0.3) is 22.8 Å². The minimum atomic E-state index is -1.73. The van der Waals surface area contributed by atoms with Gasteiger partial charge in [-0.15, -0.1) is 0 Å². The quantitative estimate of drug-likeness (QED) is 0.314. The molecule has 3 aromatic rings. The Hall–Kier alpha value is -3.92. The zero-order valence-electron chi connectivity index (χ0n) is 20.2. The van der Waals surface area contributed by atoms with Crippen molar-refractivity contribution in [2.75, 3.05) is 13.1 Å². The number of carbonyl (C=O) groups is 2. The van der Waals surface area contributed by atoms with Crippen LogP contribution in [-0.2, 0) is 22.4 Å². The molecule has 0 atom stereocenters. The molecule has 1 aromatic heterocycles. The molecule has 10 nitrogen and oxygen atoms in total. The summed E-state index contributed by atoms with van der Waals surface area (Å²) in [6.07, 6.45) is -1.44. The fourth-order valence-corrected chi connectivity index (χ4v) is 4.44. The van der Waals surface area contributed by atoms with Gasteiger partial charge in [-0.3, -0.25) is 4.90 Å². The number of rotatable bonds is 8. The number of hydrogen-bond acceptors (Lipinski definition) is 8. The van der Waals surface area contributed by atoms with Crippen molar-refractivity contribution in [1.29, 1.82) is 0 Å². The number of nitrogens with zero attached hydrogens (tertiary/aromatic N) is 3. The van der Waals surface area contributed by atoms with E-state index in [-0.39, 0.29) is 13.0 Å². The fourth-order valence-electron chi connectivity index (χ4n) is 4.44. The Morgan fingerprint density at radius 3 is 2.22 bits per heavy atom. The van der Waals surface area contributed by atoms with Gasteiger partial charge >= 0.3 is 12.3 Å². The molecule has 1 fully saturated rings. The van der Waals surface area contributed by atoms with E-state index in [1.165, 1.54) is 5.56 Å². The molecule has 10 heteroatoms. The first-order valence-electron chi connectivity index (χ1n) is 11.8. The Labute approximate surface area is 208 Å². The summed E-state index contributed by atoms with van der Waals surface area (Å²) in [4.78, 5) is 28.6. The largest absolute Gasteiger partial charge is 0.509 e. The molecule has 2 N–H and O–H groups in total. The van der Waals surface area contributed by atoms with Crippen molar-refractivity contribution >= 4 is 12.3 Å². The van der Waals surface area contributed by atoms with E-state index in [0.29, 0.717) is 37.1 Å². The van der Waals surface area contributed by atoms with Gasteiger partial charge in [0, 0.05) is 24.1 Å². The molecule has 0 saturated carbocycles. The normalized spacial score (nSPS) is 15.5. The van der Waals surface area contributed by atoms with Gasteiger partial charge < -0.3 is 24.2 Å². The molecule has 0 radical (unpaired) electrons. The Balaban J connectivity index is 1.41. The van der Waals surface area contributed by atoms with Crippen molar-refractivity contribution in [2.24, 2.45) is 5.92 Å². The number of carboxylic acid groups (broad SMARTS) is 2. The lowest BCUT2D eigenvalue weighted by Crippen LogP contribution is -2.52. The number of aromatic nitrogens is 2. The van der Waals surface area contributed by atoms with Gasteiger partial charge in [-0.25, -0.2) is 9.59 Å². The molecule has 190 valence electrons. The zero-order valence-corrected chi connectivity index (χ0v) is 20.2. The molecule has 2 heterocycles. The molecule has 0 amide bonds. The second kappa shape index (κ2) is 10.8. The van der Waals surface area contributed by atoms with Crippen LogP contribution >= 0.6 is 0 Å². The van der Waals surface area contributed by atoms with Crippen molar-refractivity contribution in [3.63, 3.8) is 0 Å². The maximum Gasteiger partial charge on any atom is 0.509 e. The van der Waals surface area contributed by atoms with E-state index in [1.807, 2.05) is 41.3 Å². The van der Waals surface area contributed by atoms with E-state index in [2.05, 4.69) is 36.1 Å². The van der Waals surface area contributed by atoms with E-state index in [1.54, 1.807) is 0 Å². The molecule has 4 rings (SSSR count). The summed E-state index contributed by atoms with van der Waals surface area (Å²) in [5, 5.41) is 22.2. The monoisotopic (exact) mass is 495 g/mol. The molecular formula is C26H29N3O7. The first kappa shape index (κ1) is 25.2. The predicted molar refractivity (Wildman–Crippen MR) is 129 cm³/mol. The fraction of sp³-hybridized carbons (Fsp3) is 0.385. The van der Waals surface area contributed by atoms with Crippen molar-refractivity contribution < 1.29 is 33.8 Å². The Morgan fingerprint density at radius 2 is 1.61 bits per heavy atom. The average molecular weight is 496 g/mol. The highest BCUT2D eigenvalue weighted by molar-refractivity contribution is 5.61. The summed E-state index contributed by atoms with van der Waals surface area (Å²) in [5.41, 5.74) is 3.86. The molecule has 0 bridgehead atoms. The molecule has 0 unspecified atom stereocenters. The number of likely N-dealkylation sites (tertiary alicyclic amines) is 1. The van der Waals surface area contributed by atoms with Crippen LogP contribution in [0.15, 0.2) is 53.1 Å². The highest BCUT2D eigenvalue weighted by Crippen LogP contribution is 2.29. The van der Waals surface area contributed by atoms with E-state index < -0.39 is 18.1 Å². The van der Waals surface area contributed by atoms with Gasteiger partial charge in [-0.05, 0) is 48.6 Å². The number of piperidine rings is 1. The van der Waals surface area contributed by atoms with Gasteiger partial charge in [-0.2, -0.15) is 4.98 Å². The standard InChI is InChI=1S/C26H29N3O7/c1-17(2)14-18-4-10-21(11-5-18)23-27-22(28-36-23)20-8-6-19(7-9-20)15-29-13-3-12-26(16-29,34-24(30)31)35-25(32)33/h4-11,17H,3,12-16H2,1-2H3,(H,30,31)(H,32,33). The van der Waals surface area contributed by atoms with E-state index in [0.717, 1.165) is 23.1 Å². The van der Waals surface area contributed by atoms with Crippen LogP contribution in [0.4, 0.5) is 9.59 Å². The van der Waals surface area contributed by atoms with Crippen LogP contribution < -0.4 is 0 Å². The van der Waals surface area contributed by atoms with Crippen molar-refractivity contribution in [3.05, 3.63) is 59.7 Å². The summed E-state index contributed by atoms with van der Waals surface area (Å²) in [5.74, 6) is -0.220. The summed E-state index contributed by atoms with van der Waals surface area (Å²) in [7, 11) is 0. The number of hydrogen-bond donors (Lipinski definition) is 2. The Morgan fingerprint density at radius 1 is 1.00 bits per heavy atom. The molecular weight excluding hydrogens is 466 g/mol. The van der Waals surface area contributed by atoms with Gasteiger partial charge in [0.1, 0.15) is 0 Å². The Bertz CT molecular complexity index is 1170. The van der Waals surface area contributed by atoms with E-state index in [9.17, 15) is 9.59 Å². The first-order chi connectivity index (χ1) is 17.2. The summed E-state index contributed by atoms with van der Waals surface area (Å²) >= 11 is 0. The van der Waals surface area contributed by atoms with Crippen LogP contribution in [0.3, 0.4) is 0 Å². The SMILES string of the molecule is CC(C)Cc1ccc(-c2nc(-c3ccc(CN4CCCC(OC(=O)O)(OC(=O)O)C4)cc3)no2)cc1. The summed E-state index contributed by atoms with van der Waals surface area (Å²) in [6.45, 7) is 5.50. The van der Waals surface area contributed by atoms with Crippen LogP contribution in [-0.4, -0.2) is 56.4 Å². The molecule has 1 aliphatic heterocycles. The maximum absolute atomic E-state index is 11.1. The van der Waals surface area contributed by atoms with Crippen LogP contribution in [0.5, 0.6) is 0 Å². The number of benzene rings is 2. The van der Waals surface area contributed by atoms with E-state index in [4.69, 9.17) is 24.2 Å². The highest BCUT2D eigenvalue weighted by atomic mass is 16.8. The third kappa shape index (κ3) is 6.39. The molecule has 0 aliphatic carbocycles. The van der Waals surface area contributed by atoms with Gasteiger partial charge in [0.05, 0.1) is 6.54 Å². The van der Waals surface area contributed by atoms with Gasteiger partial charge in [0.2, 0.25) is 5.82 Å². The lowest BCUT2D eigenvalue weighted by atomic mass is 10.0. The van der Waals surface area contributed by atoms with Crippen LogP contribution in [0.1, 0.15) is 37.8 Å². The minimum absolute atomic E-state index is 0.0114. The minimum Gasteiger partial charge on any atom is -0.450 e. The first-order valence-corrected chi connectivity index (χ1v) is 11.8. The second-order valence-corrected chi connectivity index (χ2v) is 9.38. The van der Waals surface area contributed by atoms with Crippen LogP contribution in [0, 0.1) is 5.92 Å². The Kier molecular flexibility index (Phi) is 7.54. The molecule has 1 aliphatic rings. The predicted octanol–water partition coefficient (Wildman–Crippen LogP) is 5.28. The topological polar surface area (TPSA) is 135 Å². The zero-order chi connectivity index (χ0) is 25.7. The summed E-state index contributed by atoms with van der Waals surface area (Å²) < 4.78 is 15.2. The second-order valence-electron chi connectivity index (χ2n) is 9.38. The summed E-state index contributed by atoms with van der Waals surface area (Å²) in [6, 6.07) is 15.7. The van der Waals surface area contributed by atoms with Crippen molar-refractivity contribution in [2.45, 2.75) is 45.4 Å². The molecule has 1 saturated heterocycles. The lowest BCUT2D eigenvalue weighted by molar-refractivity contribution is -0.209. The van der Waals surface area contributed by atoms with Gasteiger partial charge in [0.25, 0.3) is 11.7 Å². The van der Waals surface area contributed by atoms with Crippen LogP contribution in [0.2, 0.25) is 0 Å². The third-order valence-electron chi connectivity index (χ3n) is 5.93. The molecule has 2 aromatic carbocycles. The maximum atomic E-state index is 11.1. The molecule has 0 spiro atoms. The average Bonchev–Trinajstić information content (AvgIpc) is 3.29. The van der Waals surface area contributed by atoms with E-state index >= 15 is 0 Å². The molecule has 36 heavy (non-hydrogen) atoms. The van der Waals surface area contributed by atoms with Crippen molar-refractivity contribution in [1.82, 2.24) is 15.0 Å². The van der Waals surface area contributed by atoms with Gasteiger partial charge in [-0.1, -0.05) is 55.4 Å². The lowest BCUT2D eigenvalue weighted by Gasteiger charge is -2.39. The number of ether oxygens (including phenoxy) is 2. The highest BCUT2D eigenvalue weighted by Gasteiger charge is 2.43. The van der Waals surface area contributed by atoms with Gasteiger partial charge in [0.15, 0.2) is 0 Å². The smallest absolute Gasteiger partial charge is 0.450 e.